The van der Waals surface area contributed by atoms with Gasteiger partial charge >= 0.3 is 5.91 Å². The number of benzene rings is 1. The molecular formula is C15H17N3O4S. The smallest absolute Gasteiger partial charge is 0.307 e. The Labute approximate surface area is 134 Å². The molecule has 2 aromatic rings. The minimum atomic E-state index is -3.46. The highest BCUT2D eigenvalue weighted by atomic mass is 32.2. The second kappa shape index (κ2) is 6.76. The van der Waals surface area contributed by atoms with Crippen LogP contribution in [0, 0.1) is 0 Å². The monoisotopic (exact) mass is 335 g/mol. The van der Waals surface area contributed by atoms with Gasteiger partial charge in [0, 0.05) is 14.1 Å². The molecule has 0 radical (unpaired) electrons. The molecule has 1 N–H and O–H groups in total. The molecule has 122 valence electrons. The van der Waals surface area contributed by atoms with Gasteiger partial charge in [-0.2, -0.15) is 5.10 Å². The van der Waals surface area contributed by atoms with Gasteiger partial charge in [0.1, 0.15) is 0 Å². The number of nitrogens with zero attached hydrogens (tertiary/aromatic N) is 2. The number of rotatable bonds is 5. The summed E-state index contributed by atoms with van der Waals surface area (Å²) < 4.78 is 30.1. The third kappa shape index (κ3) is 3.85. The van der Waals surface area contributed by atoms with Gasteiger partial charge in [-0.05, 0) is 36.8 Å². The molecule has 0 spiro atoms. The van der Waals surface area contributed by atoms with Crippen molar-refractivity contribution in [3.05, 3.63) is 54.0 Å². The van der Waals surface area contributed by atoms with Gasteiger partial charge in [-0.3, -0.25) is 4.79 Å². The van der Waals surface area contributed by atoms with Crippen molar-refractivity contribution in [1.29, 1.82) is 0 Å². The first-order valence-electron chi connectivity index (χ1n) is 6.73. The van der Waals surface area contributed by atoms with E-state index in [2.05, 4.69) is 10.5 Å². The van der Waals surface area contributed by atoms with Gasteiger partial charge in [-0.15, -0.1) is 0 Å². The van der Waals surface area contributed by atoms with Crippen molar-refractivity contribution in [3.8, 4) is 0 Å². The van der Waals surface area contributed by atoms with E-state index in [1.165, 1.54) is 38.6 Å². The van der Waals surface area contributed by atoms with Gasteiger partial charge in [0.15, 0.2) is 5.76 Å². The van der Waals surface area contributed by atoms with Crippen molar-refractivity contribution < 1.29 is 17.6 Å². The molecule has 0 aliphatic rings. The summed E-state index contributed by atoms with van der Waals surface area (Å²) in [5.74, 6) is -0.296. The standard InChI is InChI=1S/C15H17N3O4S/c1-11(16-17-15(19)14-5-4-10-22-14)12-6-8-13(9-7-12)23(20,21)18(2)3/h4-10H,1-3H3,(H,17,19)/b16-11-. The largest absolute Gasteiger partial charge is 0.459 e. The zero-order chi connectivity index (χ0) is 17.0. The van der Waals surface area contributed by atoms with E-state index in [0.717, 1.165) is 4.31 Å². The summed E-state index contributed by atoms with van der Waals surface area (Å²) in [4.78, 5) is 11.9. The highest BCUT2D eigenvalue weighted by molar-refractivity contribution is 7.89. The average molecular weight is 335 g/mol. The van der Waals surface area contributed by atoms with Gasteiger partial charge in [-0.1, -0.05) is 12.1 Å². The maximum atomic E-state index is 12.0. The maximum absolute atomic E-state index is 12.0. The molecule has 0 saturated heterocycles. The fraction of sp³-hybridized carbons (Fsp3) is 0.200. The van der Waals surface area contributed by atoms with Gasteiger partial charge in [0.25, 0.3) is 0 Å². The number of nitrogens with one attached hydrogen (secondary N) is 1. The Balaban J connectivity index is 2.13. The van der Waals surface area contributed by atoms with Gasteiger partial charge in [0.05, 0.1) is 16.9 Å². The summed E-state index contributed by atoms with van der Waals surface area (Å²) in [6.07, 6.45) is 1.40. The second-order valence-electron chi connectivity index (χ2n) is 4.93. The van der Waals surface area contributed by atoms with Crippen LogP contribution in [0.15, 0.2) is 57.1 Å². The predicted octanol–water partition coefficient (Wildman–Crippen LogP) is 1.68. The van der Waals surface area contributed by atoms with Gasteiger partial charge < -0.3 is 4.42 Å². The highest BCUT2D eigenvalue weighted by Gasteiger charge is 2.16. The van der Waals surface area contributed by atoms with E-state index in [-0.39, 0.29) is 10.7 Å². The van der Waals surface area contributed by atoms with Crippen LogP contribution in [0.25, 0.3) is 0 Å². The Kier molecular flexibility index (Phi) is 4.97. The lowest BCUT2D eigenvalue weighted by Gasteiger charge is -2.11. The summed E-state index contributed by atoms with van der Waals surface area (Å²) in [6, 6.07) is 9.40. The van der Waals surface area contributed by atoms with Crippen molar-refractivity contribution in [3.63, 3.8) is 0 Å². The molecule has 0 bridgehead atoms. The Morgan fingerprint density at radius 3 is 2.35 bits per heavy atom. The molecule has 0 atom stereocenters. The van der Waals surface area contributed by atoms with Crippen LogP contribution in [0.1, 0.15) is 23.0 Å². The fourth-order valence-corrected chi connectivity index (χ4v) is 2.64. The average Bonchev–Trinajstić information content (AvgIpc) is 3.06. The number of hydrogen-bond acceptors (Lipinski definition) is 5. The number of sulfonamides is 1. The molecule has 0 aliphatic carbocycles. The van der Waals surface area contributed by atoms with Crippen molar-refractivity contribution in [2.45, 2.75) is 11.8 Å². The number of amides is 1. The lowest BCUT2D eigenvalue weighted by atomic mass is 10.1. The van der Waals surface area contributed by atoms with Crippen LogP contribution in [-0.2, 0) is 10.0 Å². The topological polar surface area (TPSA) is 92.0 Å². The molecule has 1 amide bonds. The van der Waals surface area contributed by atoms with Crippen molar-refractivity contribution >= 4 is 21.6 Å². The molecule has 0 unspecified atom stereocenters. The Hall–Kier alpha value is -2.45. The summed E-state index contributed by atoms with van der Waals surface area (Å²) in [6.45, 7) is 1.71. The summed E-state index contributed by atoms with van der Waals surface area (Å²) >= 11 is 0. The van der Waals surface area contributed by atoms with Crippen LogP contribution >= 0.6 is 0 Å². The van der Waals surface area contributed by atoms with Crippen molar-refractivity contribution in [2.75, 3.05) is 14.1 Å². The molecule has 0 saturated carbocycles. The molecule has 1 aromatic heterocycles. The molecule has 1 aromatic carbocycles. The first-order valence-corrected chi connectivity index (χ1v) is 8.17. The van der Waals surface area contributed by atoms with Crippen molar-refractivity contribution in [2.24, 2.45) is 5.10 Å². The Morgan fingerprint density at radius 2 is 1.83 bits per heavy atom. The number of hydrazone groups is 1. The van der Waals surface area contributed by atoms with Crippen LogP contribution in [0.3, 0.4) is 0 Å². The van der Waals surface area contributed by atoms with Crippen LogP contribution in [-0.4, -0.2) is 38.4 Å². The van der Waals surface area contributed by atoms with Gasteiger partial charge in [0.2, 0.25) is 10.0 Å². The van der Waals surface area contributed by atoms with Crippen LogP contribution in [0.2, 0.25) is 0 Å². The lowest BCUT2D eigenvalue weighted by molar-refractivity contribution is 0.0927. The molecule has 2 rings (SSSR count). The first-order chi connectivity index (χ1) is 10.8. The molecule has 7 nitrogen and oxygen atoms in total. The normalized spacial score (nSPS) is 12.4. The SMILES string of the molecule is C/C(=N/NC(=O)c1ccco1)c1ccc(S(=O)(=O)N(C)C)cc1. The summed E-state index contributed by atoms with van der Waals surface area (Å²) in [7, 11) is -0.519. The molecular weight excluding hydrogens is 318 g/mol. The van der Waals surface area contributed by atoms with E-state index in [9.17, 15) is 13.2 Å². The zero-order valence-electron chi connectivity index (χ0n) is 13.0. The number of carbonyl (C=O) groups excluding carboxylic acids is 1. The van der Waals surface area contributed by atoms with E-state index in [1.807, 2.05) is 0 Å². The third-order valence-corrected chi connectivity index (χ3v) is 4.95. The van der Waals surface area contributed by atoms with Crippen molar-refractivity contribution in [1.82, 2.24) is 9.73 Å². The predicted molar refractivity (Wildman–Crippen MR) is 85.7 cm³/mol. The zero-order valence-corrected chi connectivity index (χ0v) is 13.8. The van der Waals surface area contributed by atoms with E-state index in [0.29, 0.717) is 11.3 Å². The van der Waals surface area contributed by atoms with E-state index in [1.54, 1.807) is 25.1 Å². The number of carbonyl (C=O) groups is 1. The number of furan rings is 1. The summed E-state index contributed by atoms with van der Waals surface area (Å²) in [5.41, 5.74) is 3.61. The van der Waals surface area contributed by atoms with E-state index >= 15 is 0 Å². The maximum Gasteiger partial charge on any atom is 0.307 e. The second-order valence-corrected chi connectivity index (χ2v) is 7.08. The highest BCUT2D eigenvalue weighted by Crippen LogP contribution is 2.14. The van der Waals surface area contributed by atoms with Crippen LogP contribution in [0.4, 0.5) is 0 Å². The lowest BCUT2D eigenvalue weighted by Crippen LogP contribution is -2.22. The molecule has 1 heterocycles. The first kappa shape index (κ1) is 16.9. The molecule has 0 aliphatic heterocycles. The van der Waals surface area contributed by atoms with E-state index < -0.39 is 15.9 Å². The van der Waals surface area contributed by atoms with Gasteiger partial charge in [-0.25, -0.2) is 18.1 Å². The molecule has 0 fully saturated rings. The quantitative estimate of drug-likeness (QED) is 0.665. The van der Waals surface area contributed by atoms with Crippen LogP contribution in [0.5, 0.6) is 0 Å². The molecule has 8 heteroatoms. The Bertz CT molecular complexity index is 807. The van der Waals surface area contributed by atoms with E-state index in [4.69, 9.17) is 4.42 Å². The Morgan fingerprint density at radius 1 is 1.17 bits per heavy atom. The number of hydrogen-bond donors (Lipinski definition) is 1. The fourth-order valence-electron chi connectivity index (χ4n) is 1.74. The van der Waals surface area contributed by atoms with Crippen LogP contribution < -0.4 is 5.43 Å². The minimum absolute atomic E-state index is 0.161. The minimum Gasteiger partial charge on any atom is -0.459 e. The summed E-state index contributed by atoms with van der Waals surface area (Å²) in [5, 5.41) is 3.97. The molecule has 23 heavy (non-hydrogen) atoms. The third-order valence-electron chi connectivity index (χ3n) is 3.12.